The van der Waals surface area contributed by atoms with Crippen molar-refractivity contribution in [3.63, 3.8) is 0 Å². The lowest BCUT2D eigenvalue weighted by atomic mass is 9.99. The van der Waals surface area contributed by atoms with Crippen molar-refractivity contribution in [2.75, 3.05) is 39.6 Å². The Hall–Kier alpha value is -1.94. The highest BCUT2D eigenvalue weighted by molar-refractivity contribution is 7.47. The van der Waals surface area contributed by atoms with E-state index in [1.165, 1.54) is 116 Å². The lowest BCUT2D eigenvalue weighted by Gasteiger charge is -2.21. The SMILES string of the molecule is CCCCCCCCCCCC(=O)O[C@H](COC(=O)CCCCCCCCC)COP(=O)(O)OC[C@H](O)COP(=O)(O)OC[C@@H](COC(=O)CCCCCCCCC(C)C)OC(=O)CCCCCCCCCCCCCCCCC(C)CC. The summed E-state index contributed by atoms with van der Waals surface area (Å²) in [5.41, 5.74) is 0. The highest BCUT2D eigenvalue weighted by Crippen LogP contribution is 2.45. The fourth-order valence-corrected chi connectivity index (χ4v) is 11.1. The Labute approximate surface area is 505 Å². The molecule has 0 rings (SSSR count). The van der Waals surface area contributed by atoms with E-state index in [-0.39, 0.29) is 25.7 Å². The predicted octanol–water partition coefficient (Wildman–Crippen LogP) is 17.7. The molecule has 0 spiro atoms. The largest absolute Gasteiger partial charge is 0.472 e. The fourth-order valence-electron chi connectivity index (χ4n) is 9.50. The van der Waals surface area contributed by atoms with Crippen LogP contribution in [0.5, 0.6) is 0 Å². The molecule has 19 heteroatoms. The molecule has 0 radical (unpaired) electrons. The second-order valence-corrected chi connectivity index (χ2v) is 26.8. The van der Waals surface area contributed by atoms with Gasteiger partial charge in [0, 0.05) is 25.7 Å². The van der Waals surface area contributed by atoms with Crippen molar-refractivity contribution < 1.29 is 80.2 Å². The zero-order valence-electron chi connectivity index (χ0n) is 53.5. The molecule has 0 saturated heterocycles. The summed E-state index contributed by atoms with van der Waals surface area (Å²) in [5.74, 6) is -0.616. The zero-order chi connectivity index (χ0) is 61.5. The molecule has 6 atom stereocenters. The Morgan fingerprint density at radius 3 is 0.916 bits per heavy atom. The van der Waals surface area contributed by atoms with Crippen LogP contribution in [0.3, 0.4) is 0 Å². The second-order valence-electron chi connectivity index (χ2n) is 23.9. The molecule has 0 heterocycles. The van der Waals surface area contributed by atoms with Gasteiger partial charge in [0.05, 0.1) is 26.4 Å². The topological polar surface area (TPSA) is 237 Å². The van der Waals surface area contributed by atoms with E-state index >= 15 is 0 Å². The van der Waals surface area contributed by atoms with Crippen LogP contribution in [-0.4, -0.2) is 96.7 Å². The van der Waals surface area contributed by atoms with Crippen molar-refractivity contribution in [2.24, 2.45) is 11.8 Å². The smallest absolute Gasteiger partial charge is 0.462 e. The van der Waals surface area contributed by atoms with Crippen LogP contribution in [0.15, 0.2) is 0 Å². The minimum absolute atomic E-state index is 0.105. The number of phosphoric ester groups is 2. The van der Waals surface area contributed by atoms with Gasteiger partial charge in [-0.15, -0.1) is 0 Å². The zero-order valence-corrected chi connectivity index (χ0v) is 55.3. The van der Waals surface area contributed by atoms with E-state index in [0.717, 1.165) is 115 Å². The van der Waals surface area contributed by atoms with E-state index < -0.39 is 97.5 Å². The van der Waals surface area contributed by atoms with Crippen LogP contribution in [0, 0.1) is 11.8 Å². The van der Waals surface area contributed by atoms with Gasteiger partial charge in [0.1, 0.15) is 19.3 Å². The summed E-state index contributed by atoms with van der Waals surface area (Å²) in [4.78, 5) is 72.0. The maximum atomic E-state index is 13.0. The number of hydrogen-bond donors (Lipinski definition) is 3. The summed E-state index contributed by atoms with van der Waals surface area (Å²) in [5, 5.41) is 10.5. The van der Waals surface area contributed by atoms with Crippen LogP contribution in [0.25, 0.3) is 0 Å². The molecule has 83 heavy (non-hydrogen) atoms. The molecule has 3 unspecified atom stereocenters. The molecule has 0 aromatic carbocycles. The second kappa shape index (κ2) is 56.6. The van der Waals surface area contributed by atoms with Crippen molar-refractivity contribution in [1.29, 1.82) is 0 Å². The van der Waals surface area contributed by atoms with Crippen LogP contribution in [0.2, 0.25) is 0 Å². The number of carbonyl (C=O) groups is 4. The Morgan fingerprint density at radius 2 is 0.614 bits per heavy atom. The van der Waals surface area contributed by atoms with Crippen LogP contribution in [-0.2, 0) is 65.4 Å². The van der Waals surface area contributed by atoms with Crippen LogP contribution < -0.4 is 0 Å². The van der Waals surface area contributed by atoms with E-state index in [4.69, 9.17) is 37.0 Å². The van der Waals surface area contributed by atoms with Crippen LogP contribution in [0.4, 0.5) is 0 Å². The summed E-state index contributed by atoms with van der Waals surface area (Å²) in [6.45, 7) is 9.41. The summed E-state index contributed by atoms with van der Waals surface area (Å²) in [6, 6.07) is 0. The monoisotopic (exact) mass is 1230 g/mol. The van der Waals surface area contributed by atoms with Crippen molar-refractivity contribution in [2.45, 2.75) is 336 Å². The van der Waals surface area contributed by atoms with Gasteiger partial charge in [-0.2, -0.15) is 0 Å². The van der Waals surface area contributed by atoms with Gasteiger partial charge in [0.25, 0.3) is 0 Å². The summed E-state index contributed by atoms with van der Waals surface area (Å²) < 4.78 is 67.8. The van der Waals surface area contributed by atoms with E-state index in [9.17, 15) is 43.2 Å². The molecule has 0 amide bonds. The van der Waals surface area contributed by atoms with E-state index in [0.29, 0.717) is 31.6 Å². The molecule has 0 aliphatic heterocycles. The average Bonchev–Trinajstić information content (AvgIpc) is 3.48. The van der Waals surface area contributed by atoms with Gasteiger partial charge in [-0.25, -0.2) is 9.13 Å². The van der Waals surface area contributed by atoms with Gasteiger partial charge < -0.3 is 33.8 Å². The van der Waals surface area contributed by atoms with Gasteiger partial charge in [-0.05, 0) is 37.5 Å². The maximum absolute atomic E-state index is 13.0. The Bertz CT molecular complexity index is 1630. The quantitative estimate of drug-likeness (QED) is 0.0222. The first-order chi connectivity index (χ1) is 39.9. The van der Waals surface area contributed by atoms with Gasteiger partial charge in [-0.1, -0.05) is 266 Å². The number of esters is 4. The van der Waals surface area contributed by atoms with Gasteiger partial charge in [0.15, 0.2) is 12.2 Å². The highest BCUT2D eigenvalue weighted by Gasteiger charge is 2.30. The molecule has 0 saturated carbocycles. The molecule has 0 bridgehead atoms. The van der Waals surface area contributed by atoms with Gasteiger partial charge in [0.2, 0.25) is 0 Å². The number of phosphoric acid groups is 2. The molecule has 3 N–H and O–H groups in total. The molecule has 0 aromatic heterocycles. The van der Waals surface area contributed by atoms with Gasteiger partial charge in [-0.3, -0.25) is 37.3 Å². The minimum atomic E-state index is -4.94. The molecule has 0 fully saturated rings. The maximum Gasteiger partial charge on any atom is 0.472 e. The number of carbonyl (C=O) groups excluding carboxylic acids is 4. The van der Waals surface area contributed by atoms with Crippen LogP contribution in [0.1, 0.15) is 318 Å². The lowest BCUT2D eigenvalue weighted by Crippen LogP contribution is -2.30. The molecule has 492 valence electrons. The summed E-state index contributed by atoms with van der Waals surface area (Å²) >= 11 is 0. The Morgan fingerprint density at radius 1 is 0.349 bits per heavy atom. The molecule has 0 aromatic rings. The Kier molecular flexibility index (Phi) is 55.2. The van der Waals surface area contributed by atoms with E-state index in [1.807, 2.05) is 0 Å². The normalized spacial score (nSPS) is 14.6. The minimum Gasteiger partial charge on any atom is -0.462 e. The summed E-state index contributed by atoms with van der Waals surface area (Å²) in [7, 11) is -9.88. The molecule has 17 nitrogen and oxygen atoms in total. The fraction of sp³-hybridized carbons (Fsp3) is 0.938. The first-order valence-corrected chi connectivity index (χ1v) is 36.5. The average molecular weight is 1230 g/mol. The third kappa shape index (κ3) is 57.6. The van der Waals surface area contributed by atoms with Crippen LogP contribution >= 0.6 is 15.6 Å². The number of aliphatic hydroxyl groups excluding tert-OH is 1. The van der Waals surface area contributed by atoms with Crippen molar-refractivity contribution in [3.05, 3.63) is 0 Å². The standard InChI is InChI=1S/C64H124O17P2/c1-7-10-12-14-16-23-28-36-42-48-63(68)80-59(52-74-61(66)46-40-34-26-15-13-11-8-2)54-78-82(70,71)76-50-58(65)51-77-83(72,73)79-55-60(53-75-62(67)47-41-35-31-30-32-38-44-56(4)5)81-64(69)49-43-37-29-25-22-20-18-17-19-21-24-27-33-39-45-57(6)9-3/h56-60,65H,7-55H2,1-6H3,(H,70,71)(H,72,73)/t57?,58-,59+,60+/m0/s1. The number of rotatable bonds is 63. The van der Waals surface area contributed by atoms with Crippen molar-refractivity contribution >= 4 is 39.5 Å². The Balaban J connectivity index is 5.15. The number of aliphatic hydroxyl groups is 1. The van der Waals surface area contributed by atoms with E-state index in [2.05, 4.69) is 41.5 Å². The molecular formula is C64H124O17P2. The number of unbranched alkanes of at least 4 members (excludes halogenated alkanes) is 32. The predicted molar refractivity (Wildman–Crippen MR) is 331 cm³/mol. The summed E-state index contributed by atoms with van der Waals surface area (Å²) in [6.07, 6.45) is 39.2. The molecule has 0 aliphatic rings. The van der Waals surface area contributed by atoms with Crippen molar-refractivity contribution in [1.82, 2.24) is 0 Å². The van der Waals surface area contributed by atoms with E-state index in [1.54, 1.807) is 0 Å². The number of hydrogen-bond acceptors (Lipinski definition) is 15. The lowest BCUT2D eigenvalue weighted by molar-refractivity contribution is -0.161. The first-order valence-electron chi connectivity index (χ1n) is 33.5. The third-order valence-electron chi connectivity index (χ3n) is 15.1. The first kappa shape index (κ1) is 81.1. The number of ether oxygens (including phenoxy) is 4. The molecule has 0 aliphatic carbocycles. The highest BCUT2D eigenvalue weighted by atomic mass is 31.2. The van der Waals surface area contributed by atoms with Crippen molar-refractivity contribution in [3.8, 4) is 0 Å². The molecular weight excluding hydrogens is 1100 g/mol. The van der Waals surface area contributed by atoms with Gasteiger partial charge >= 0.3 is 39.5 Å². The third-order valence-corrected chi connectivity index (χ3v) is 17.0.